The number of benzene rings is 1. The number of ether oxygens (including phenoxy) is 2. The van der Waals surface area contributed by atoms with Crippen molar-refractivity contribution < 1.29 is 14.3 Å². The number of hydrogen-bond acceptors (Lipinski definition) is 5. The maximum absolute atomic E-state index is 13.1. The molecule has 0 N–H and O–H groups in total. The summed E-state index contributed by atoms with van der Waals surface area (Å²) in [5.41, 5.74) is 0. The third-order valence-electron chi connectivity index (χ3n) is 4.93. The third kappa shape index (κ3) is 2.94. The fraction of sp³-hybridized carbons (Fsp3) is 0.500. The molecule has 2 aliphatic heterocycles. The van der Waals surface area contributed by atoms with Gasteiger partial charge in [-0.25, -0.2) is 0 Å². The first-order chi connectivity index (χ1) is 12.1. The van der Waals surface area contributed by atoms with E-state index in [4.69, 9.17) is 9.47 Å². The second kappa shape index (κ2) is 6.38. The van der Waals surface area contributed by atoms with E-state index >= 15 is 0 Å². The lowest BCUT2D eigenvalue weighted by Crippen LogP contribution is -2.52. The summed E-state index contributed by atoms with van der Waals surface area (Å²) in [5, 5.41) is 8.17. The quantitative estimate of drug-likeness (QED) is 0.832. The van der Waals surface area contributed by atoms with Crippen molar-refractivity contribution in [1.29, 1.82) is 0 Å². The number of carbonyl (C=O) groups excluding carboxylic acids is 1. The highest BCUT2D eigenvalue weighted by molar-refractivity contribution is 5.82. The van der Waals surface area contributed by atoms with E-state index in [1.54, 1.807) is 6.33 Å². The molecule has 2 aliphatic rings. The Labute approximate surface area is 146 Å². The SMILES string of the molecule is CC1Oc2ccccc2OC1C(=O)N1CCCC(c2nncn2C)C1. The molecule has 0 spiro atoms. The standard InChI is InChI=1S/C18H22N4O3/c1-12-16(25-15-8-4-3-7-14(15)24-12)18(23)22-9-5-6-13(10-22)17-20-19-11-21(17)2/h3-4,7-8,11-13,16H,5-6,9-10H2,1-2H3. The molecule has 4 rings (SSSR count). The van der Waals surface area contributed by atoms with E-state index in [9.17, 15) is 4.79 Å². The Morgan fingerprint density at radius 2 is 2.00 bits per heavy atom. The maximum Gasteiger partial charge on any atom is 0.267 e. The van der Waals surface area contributed by atoms with Crippen LogP contribution >= 0.6 is 0 Å². The minimum atomic E-state index is -0.617. The predicted octanol–water partition coefficient (Wildman–Crippen LogP) is 1.75. The largest absolute Gasteiger partial charge is 0.482 e. The Kier molecular flexibility index (Phi) is 4.07. The summed E-state index contributed by atoms with van der Waals surface area (Å²) >= 11 is 0. The van der Waals surface area contributed by atoms with Crippen molar-refractivity contribution in [2.45, 2.75) is 37.9 Å². The summed E-state index contributed by atoms with van der Waals surface area (Å²) in [6.45, 7) is 3.25. The molecule has 3 atom stereocenters. The van der Waals surface area contributed by atoms with Gasteiger partial charge in [-0.05, 0) is 31.9 Å². The second-order valence-electron chi connectivity index (χ2n) is 6.73. The van der Waals surface area contributed by atoms with Gasteiger partial charge in [0.05, 0.1) is 0 Å². The van der Waals surface area contributed by atoms with E-state index in [1.807, 2.05) is 47.7 Å². The van der Waals surface area contributed by atoms with Crippen LogP contribution in [0, 0.1) is 0 Å². The first-order valence-electron chi connectivity index (χ1n) is 8.68. The molecule has 3 unspecified atom stereocenters. The van der Waals surface area contributed by atoms with Gasteiger partial charge in [0.2, 0.25) is 6.10 Å². The van der Waals surface area contributed by atoms with Gasteiger partial charge in [0.1, 0.15) is 18.3 Å². The molecule has 1 amide bonds. The molecule has 7 heteroatoms. The Balaban J connectivity index is 1.50. The van der Waals surface area contributed by atoms with Gasteiger partial charge < -0.3 is 18.9 Å². The van der Waals surface area contributed by atoms with Crippen LogP contribution < -0.4 is 9.47 Å². The van der Waals surface area contributed by atoms with Crippen LogP contribution in [0.3, 0.4) is 0 Å². The zero-order valence-corrected chi connectivity index (χ0v) is 14.5. The van der Waals surface area contributed by atoms with Gasteiger partial charge in [0, 0.05) is 26.1 Å². The second-order valence-corrected chi connectivity index (χ2v) is 6.73. The highest BCUT2D eigenvalue weighted by Gasteiger charge is 2.38. The molecule has 25 heavy (non-hydrogen) atoms. The van der Waals surface area contributed by atoms with Crippen molar-refractivity contribution in [1.82, 2.24) is 19.7 Å². The lowest BCUT2D eigenvalue weighted by molar-refractivity contribution is -0.145. The number of aryl methyl sites for hydroxylation is 1. The topological polar surface area (TPSA) is 69.5 Å². The smallest absolute Gasteiger partial charge is 0.267 e. The number of aromatic nitrogens is 3. The van der Waals surface area contributed by atoms with Gasteiger partial charge in [-0.2, -0.15) is 0 Å². The van der Waals surface area contributed by atoms with Crippen molar-refractivity contribution >= 4 is 5.91 Å². The van der Waals surface area contributed by atoms with Crippen molar-refractivity contribution in [2.24, 2.45) is 7.05 Å². The van der Waals surface area contributed by atoms with Crippen molar-refractivity contribution in [3.63, 3.8) is 0 Å². The minimum Gasteiger partial charge on any atom is -0.482 e. The minimum absolute atomic E-state index is 0.0196. The fourth-order valence-electron chi connectivity index (χ4n) is 3.62. The van der Waals surface area contributed by atoms with E-state index in [0.29, 0.717) is 18.0 Å². The molecule has 1 fully saturated rings. The Morgan fingerprint density at radius 3 is 2.72 bits per heavy atom. The van der Waals surface area contributed by atoms with Crippen LogP contribution in [0.4, 0.5) is 0 Å². The zero-order valence-electron chi connectivity index (χ0n) is 14.5. The Hall–Kier alpha value is -2.57. The molecular formula is C18H22N4O3. The molecule has 0 radical (unpaired) electrons. The van der Waals surface area contributed by atoms with Crippen molar-refractivity contribution in [2.75, 3.05) is 13.1 Å². The maximum atomic E-state index is 13.1. The normalized spacial score (nSPS) is 25.7. The van der Waals surface area contributed by atoms with Crippen LogP contribution in [0.1, 0.15) is 31.5 Å². The molecule has 1 aromatic carbocycles. The summed E-state index contributed by atoms with van der Waals surface area (Å²) in [5.74, 6) is 2.43. The molecule has 3 heterocycles. The number of piperidine rings is 1. The molecule has 0 aliphatic carbocycles. The number of rotatable bonds is 2. The van der Waals surface area contributed by atoms with Crippen LogP contribution in [0.25, 0.3) is 0 Å². The summed E-state index contributed by atoms with van der Waals surface area (Å²) in [6.07, 6.45) is 2.72. The lowest BCUT2D eigenvalue weighted by Gasteiger charge is -2.37. The predicted molar refractivity (Wildman–Crippen MR) is 90.5 cm³/mol. The number of carbonyl (C=O) groups is 1. The summed E-state index contributed by atoms with van der Waals surface area (Å²) < 4.78 is 13.8. The van der Waals surface area contributed by atoms with E-state index < -0.39 is 6.10 Å². The molecule has 1 aromatic heterocycles. The van der Waals surface area contributed by atoms with Crippen molar-refractivity contribution in [3.05, 3.63) is 36.4 Å². The number of amides is 1. The third-order valence-corrected chi connectivity index (χ3v) is 4.93. The monoisotopic (exact) mass is 342 g/mol. The van der Waals surface area contributed by atoms with Crippen LogP contribution in [-0.2, 0) is 11.8 Å². The van der Waals surface area contributed by atoms with Gasteiger partial charge in [-0.1, -0.05) is 12.1 Å². The van der Waals surface area contributed by atoms with E-state index in [1.165, 1.54) is 0 Å². The highest BCUT2D eigenvalue weighted by Crippen LogP contribution is 2.34. The number of hydrogen-bond donors (Lipinski definition) is 0. The molecule has 0 bridgehead atoms. The molecule has 132 valence electrons. The summed E-state index contributed by atoms with van der Waals surface area (Å²) in [7, 11) is 1.94. The van der Waals surface area contributed by atoms with Gasteiger partial charge in [-0.3, -0.25) is 4.79 Å². The zero-order chi connectivity index (χ0) is 17.4. The van der Waals surface area contributed by atoms with Gasteiger partial charge in [-0.15, -0.1) is 10.2 Å². The highest BCUT2D eigenvalue weighted by atomic mass is 16.6. The van der Waals surface area contributed by atoms with E-state index in [-0.39, 0.29) is 17.9 Å². The van der Waals surface area contributed by atoms with Gasteiger partial charge in [0.25, 0.3) is 5.91 Å². The van der Waals surface area contributed by atoms with Crippen molar-refractivity contribution in [3.8, 4) is 11.5 Å². The van der Waals surface area contributed by atoms with Crippen LogP contribution in [0.2, 0.25) is 0 Å². The average Bonchev–Trinajstić information content (AvgIpc) is 3.06. The Morgan fingerprint density at radius 1 is 1.24 bits per heavy atom. The number of nitrogens with zero attached hydrogens (tertiary/aromatic N) is 4. The van der Waals surface area contributed by atoms with Crippen LogP contribution in [0.15, 0.2) is 30.6 Å². The first-order valence-corrected chi connectivity index (χ1v) is 8.68. The molecule has 7 nitrogen and oxygen atoms in total. The fourth-order valence-corrected chi connectivity index (χ4v) is 3.62. The number of para-hydroxylation sites is 2. The molecule has 0 saturated carbocycles. The Bertz CT molecular complexity index is 775. The summed E-state index contributed by atoms with van der Waals surface area (Å²) in [6, 6.07) is 7.47. The first kappa shape index (κ1) is 15.9. The molecule has 1 saturated heterocycles. The molecular weight excluding hydrogens is 320 g/mol. The van der Waals surface area contributed by atoms with Gasteiger partial charge >= 0.3 is 0 Å². The van der Waals surface area contributed by atoms with Gasteiger partial charge in [0.15, 0.2) is 11.5 Å². The van der Waals surface area contributed by atoms with E-state index in [2.05, 4.69) is 10.2 Å². The summed E-state index contributed by atoms with van der Waals surface area (Å²) in [4.78, 5) is 14.9. The number of likely N-dealkylation sites (tertiary alicyclic amines) is 1. The van der Waals surface area contributed by atoms with E-state index in [0.717, 1.165) is 25.2 Å². The lowest BCUT2D eigenvalue weighted by atomic mass is 9.96. The van der Waals surface area contributed by atoms with Crippen LogP contribution in [-0.4, -0.2) is 50.9 Å². The molecule has 2 aromatic rings. The average molecular weight is 342 g/mol. The van der Waals surface area contributed by atoms with Crippen LogP contribution in [0.5, 0.6) is 11.5 Å². The number of fused-ring (bicyclic) bond motifs is 1.